The molecule has 3 nitrogen and oxygen atoms in total. The Morgan fingerprint density at radius 2 is 1.95 bits per heavy atom. The molecular weight excluding hydrogens is 262 g/mol. The van der Waals surface area contributed by atoms with Crippen LogP contribution >= 0.6 is 0 Å². The van der Waals surface area contributed by atoms with E-state index >= 15 is 0 Å². The SMILES string of the molecule is CCCCCCNC(=O)CCCOc1ccc(C)cc1C. The summed E-state index contributed by atoms with van der Waals surface area (Å²) in [6.07, 6.45) is 6.06. The molecule has 0 atom stereocenters. The van der Waals surface area contributed by atoms with Gasteiger partial charge in [0.1, 0.15) is 5.75 Å². The van der Waals surface area contributed by atoms with Gasteiger partial charge < -0.3 is 10.1 Å². The molecule has 0 spiro atoms. The Morgan fingerprint density at radius 3 is 2.67 bits per heavy atom. The maximum atomic E-state index is 11.6. The molecular formula is C18H29NO2. The summed E-state index contributed by atoms with van der Waals surface area (Å²) in [5, 5.41) is 2.96. The van der Waals surface area contributed by atoms with Crippen molar-refractivity contribution in [1.29, 1.82) is 0 Å². The van der Waals surface area contributed by atoms with Crippen LogP contribution in [0, 0.1) is 13.8 Å². The van der Waals surface area contributed by atoms with Crippen molar-refractivity contribution in [3.8, 4) is 5.75 Å². The first-order valence-electron chi connectivity index (χ1n) is 8.10. The quantitative estimate of drug-likeness (QED) is 0.657. The van der Waals surface area contributed by atoms with E-state index in [-0.39, 0.29) is 5.91 Å². The number of hydrogen-bond donors (Lipinski definition) is 1. The smallest absolute Gasteiger partial charge is 0.220 e. The third kappa shape index (κ3) is 7.74. The van der Waals surface area contributed by atoms with E-state index in [1.54, 1.807) is 0 Å². The number of ether oxygens (including phenoxy) is 1. The van der Waals surface area contributed by atoms with Crippen LogP contribution in [0.4, 0.5) is 0 Å². The summed E-state index contributed by atoms with van der Waals surface area (Å²) in [4.78, 5) is 11.6. The normalized spacial score (nSPS) is 10.4. The average Bonchev–Trinajstić information content (AvgIpc) is 2.45. The van der Waals surface area contributed by atoms with Gasteiger partial charge in [-0.2, -0.15) is 0 Å². The van der Waals surface area contributed by atoms with E-state index in [0.29, 0.717) is 13.0 Å². The third-order valence-electron chi connectivity index (χ3n) is 3.49. The number of aryl methyl sites for hydroxylation is 2. The fourth-order valence-corrected chi connectivity index (χ4v) is 2.24. The molecule has 0 aliphatic carbocycles. The van der Waals surface area contributed by atoms with Crippen molar-refractivity contribution in [3.63, 3.8) is 0 Å². The van der Waals surface area contributed by atoms with Gasteiger partial charge in [0.15, 0.2) is 0 Å². The minimum absolute atomic E-state index is 0.135. The van der Waals surface area contributed by atoms with E-state index in [1.807, 2.05) is 19.1 Å². The Labute approximate surface area is 129 Å². The van der Waals surface area contributed by atoms with Crippen LogP contribution < -0.4 is 10.1 Å². The zero-order chi connectivity index (χ0) is 15.5. The van der Waals surface area contributed by atoms with Gasteiger partial charge in [-0.3, -0.25) is 4.79 Å². The van der Waals surface area contributed by atoms with Crippen molar-refractivity contribution in [3.05, 3.63) is 29.3 Å². The van der Waals surface area contributed by atoms with E-state index in [0.717, 1.165) is 30.7 Å². The maximum Gasteiger partial charge on any atom is 0.220 e. The average molecular weight is 291 g/mol. The fourth-order valence-electron chi connectivity index (χ4n) is 2.24. The monoisotopic (exact) mass is 291 g/mol. The fraction of sp³-hybridized carbons (Fsp3) is 0.611. The van der Waals surface area contributed by atoms with E-state index in [4.69, 9.17) is 4.74 Å². The van der Waals surface area contributed by atoms with Gasteiger partial charge in [-0.15, -0.1) is 0 Å². The highest BCUT2D eigenvalue weighted by atomic mass is 16.5. The molecule has 0 aliphatic heterocycles. The molecule has 1 aromatic carbocycles. The number of nitrogens with one attached hydrogen (secondary N) is 1. The molecule has 21 heavy (non-hydrogen) atoms. The molecule has 1 amide bonds. The van der Waals surface area contributed by atoms with Crippen LogP contribution in [-0.2, 0) is 4.79 Å². The molecule has 1 N–H and O–H groups in total. The van der Waals surface area contributed by atoms with Gasteiger partial charge in [-0.25, -0.2) is 0 Å². The minimum atomic E-state index is 0.135. The second kappa shape index (κ2) is 10.3. The second-order valence-corrected chi connectivity index (χ2v) is 5.63. The van der Waals surface area contributed by atoms with E-state index in [2.05, 4.69) is 25.2 Å². The molecule has 0 fully saturated rings. The van der Waals surface area contributed by atoms with Crippen LogP contribution in [0.1, 0.15) is 56.6 Å². The molecule has 118 valence electrons. The van der Waals surface area contributed by atoms with E-state index < -0.39 is 0 Å². The van der Waals surface area contributed by atoms with Crippen LogP contribution in [0.3, 0.4) is 0 Å². The number of amides is 1. The number of unbranched alkanes of at least 4 members (excludes halogenated alkanes) is 3. The van der Waals surface area contributed by atoms with Crippen LogP contribution in [0.5, 0.6) is 5.75 Å². The summed E-state index contributed by atoms with van der Waals surface area (Å²) in [7, 11) is 0. The molecule has 0 saturated heterocycles. The number of benzene rings is 1. The van der Waals surface area contributed by atoms with E-state index in [1.165, 1.54) is 24.8 Å². The molecule has 0 aromatic heterocycles. The van der Waals surface area contributed by atoms with Gasteiger partial charge in [0, 0.05) is 13.0 Å². The molecule has 0 heterocycles. The van der Waals surface area contributed by atoms with Gasteiger partial charge in [0.05, 0.1) is 6.61 Å². The first kappa shape index (κ1) is 17.5. The largest absolute Gasteiger partial charge is 0.493 e. The van der Waals surface area contributed by atoms with Gasteiger partial charge in [0.2, 0.25) is 5.91 Å². The molecule has 0 radical (unpaired) electrons. The maximum absolute atomic E-state index is 11.6. The Morgan fingerprint density at radius 1 is 1.14 bits per heavy atom. The predicted molar refractivity (Wildman–Crippen MR) is 87.8 cm³/mol. The van der Waals surface area contributed by atoms with Crippen LogP contribution in [0.2, 0.25) is 0 Å². The molecule has 1 aromatic rings. The third-order valence-corrected chi connectivity index (χ3v) is 3.49. The Bertz CT molecular complexity index is 429. The Balaban J connectivity index is 2.09. The second-order valence-electron chi connectivity index (χ2n) is 5.63. The first-order valence-corrected chi connectivity index (χ1v) is 8.10. The summed E-state index contributed by atoms with van der Waals surface area (Å²) in [6, 6.07) is 6.15. The summed E-state index contributed by atoms with van der Waals surface area (Å²) in [6.45, 7) is 7.70. The number of rotatable bonds is 10. The summed E-state index contributed by atoms with van der Waals surface area (Å²) in [5.41, 5.74) is 2.39. The van der Waals surface area contributed by atoms with Crippen molar-refractivity contribution in [2.75, 3.05) is 13.2 Å². The van der Waals surface area contributed by atoms with Gasteiger partial charge in [-0.05, 0) is 38.3 Å². The van der Waals surface area contributed by atoms with Crippen molar-refractivity contribution in [2.45, 2.75) is 59.3 Å². The highest BCUT2D eigenvalue weighted by molar-refractivity contribution is 5.75. The Kier molecular flexibility index (Phi) is 8.56. The lowest BCUT2D eigenvalue weighted by Gasteiger charge is -2.10. The highest BCUT2D eigenvalue weighted by Gasteiger charge is 2.02. The summed E-state index contributed by atoms with van der Waals surface area (Å²) < 4.78 is 5.72. The number of carbonyl (C=O) groups excluding carboxylic acids is 1. The van der Waals surface area contributed by atoms with Crippen molar-refractivity contribution < 1.29 is 9.53 Å². The van der Waals surface area contributed by atoms with Crippen molar-refractivity contribution in [2.24, 2.45) is 0 Å². The van der Waals surface area contributed by atoms with E-state index in [9.17, 15) is 4.79 Å². The molecule has 0 saturated carbocycles. The predicted octanol–water partition coefficient (Wildman–Crippen LogP) is 4.16. The molecule has 1 rings (SSSR count). The Hall–Kier alpha value is -1.51. The highest BCUT2D eigenvalue weighted by Crippen LogP contribution is 2.18. The van der Waals surface area contributed by atoms with Crippen molar-refractivity contribution in [1.82, 2.24) is 5.32 Å². The standard InChI is InChI=1S/C18H29NO2/c1-4-5-6-7-12-19-18(20)9-8-13-21-17-11-10-15(2)14-16(17)3/h10-11,14H,4-9,12-13H2,1-3H3,(H,19,20). The molecule has 0 bridgehead atoms. The van der Waals surface area contributed by atoms with Crippen molar-refractivity contribution >= 4 is 5.91 Å². The van der Waals surface area contributed by atoms with Crippen LogP contribution in [0.15, 0.2) is 18.2 Å². The van der Waals surface area contributed by atoms with Crippen LogP contribution in [-0.4, -0.2) is 19.1 Å². The molecule has 3 heteroatoms. The minimum Gasteiger partial charge on any atom is -0.493 e. The van der Waals surface area contributed by atoms with Gasteiger partial charge in [-0.1, -0.05) is 43.9 Å². The number of carbonyl (C=O) groups is 1. The lowest BCUT2D eigenvalue weighted by molar-refractivity contribution is -0.121. The van der Waals surface area contributed by atoms with Crippen LogP contribution in [0.25, 0.3) is 0 Å². The summed E-state index contributed by atoms with van der Waals surface area (Å²) >= 11 is 0. The molecule has 0 unspecified atom stereocenters. The number of hydrogen-bond acceptors (Lipinski definition) is 2. The lowest BCUT2D eigenvalue weighted by atomic mass is 10.1. The lowest BCUT2D eigenvalue weighted by Crippen LogP contribution is -2.24. The van der Waals surface area contributed by atoms with Gasteiger partial charge in [0.25, 0.3) is 0 Å². The topological polar surface area (TPSA) is 38.3 Å². The molecule has 0 aliphatic rings. The zero-order valence-electron chi connectivity index (χ0n) is 13.7. The summed E-state index contributed by atoms with van der Waals surface area (Å²) in [5.74, 6) is 1.05. The zero-order valence-corrected chi connectivity index (χ0v) is 13.7. The first-order chi connectivity index (χ1) is 10.1. The van der Waals surface area contributed by atoms with Gasteiger partial charge >= 0.3 is 0 Å².